The Morgan fingerprint density at radius 2 is 1.81 bits per heavy atom. The van der Waals surface area contributed by atoms with Gasteiger partial charge in [0.05, 0.1) is 13.2 Å². The number of methoxy groups -OCH3 is 2. The standard InChI is InChI=1S/C17H30N2O2/c1-5-14(2)19(10-11-20-3)17(12-18)16-8-6-15(7-9-16)13-21-4/h6-9,14,17H,5,10-13,18H2,1-4H3. The van der Waals surface area contributed by atoms with E-state index < -0.39 is 0 Å². The first-order chi connectivity index (χ1) is 10.2. The van der Waals surface area contributed by atoms with Gasteiger partial charge in [0.2, 0.25) is 0 Å². The lowest BCUT2D eigenvalue weighted by atomic mass is 10.0. The number of nitrogens with zero attached hydrogens (tertiary/aromatic N) is 1. The summed E-state index contributed by atoms with van der Waals surface area (Å²) in [5.41, 5.74) is 8.50. The molecule has 0 saturated carbocycles. The van der Waals surface area contributed by atoms with Crippen LogP contribution in [0.25, 0.3) is 0 Å². The summed E-state index contributed by atoms with van der Waals surface area (Å²) < 4.78 is 10.4. The number of benzene rings is 1. The molecule has 0 spiro atoms. The van der Waals surface area contributed by atoms with Gasteiger partial charge in [-0.2, -0.15) is 0 Å². The molecule has 21 heavy (non-hydrogen) atoms. The number of nitrogens with two attached hydrogens (primary N) is 1. The second-order valence-corrected chi connectivity index (χ2v) is 5.41. The molecule has 120 valence electrons. The zero-order chi connectivity index (χ0) is 15.7. The fraction of sp³-hybridized carbons (Fsp3) is 0.647. The minimum Gasteiger partial charge on any atom is -0.383 e. The summed E-state index contributed by atoms with van der Waals surface area (Å²) in [4.78, 5) is 2.44. The molecule has 2 N–H and O–H groups in total. The molecule has 0 bridgehead atoms. The van der Waals surface area contributed by atoms with Gasteiger partial charge >= 0.3 is 0 Å². The third-order valence-electron chi connectivity index (χ3n) is 4.01. The molecule has 1 aromatic carbocycles. The summed E-state index contributed by atoms with van der Waals surface area (Å²) in [7, 11) is 3.46. The molecule has 1 aromatic rings. The molecular weight excluding hydrogens is 264 g/mol. The average molecular weight is 294 g/mol. The van der Waals surface area contributed by atoms with Crippen molar-refractivity contribution in [3.63, 3.8) is 0 Å². The minimum absolute atomic E-state index is 0.228. The van der Waals surface area contributed by atoms with Crippen molar-refractivity contribution >= 4 is 0 Å². The Hall–Kier alpha value is -0.940. The van der Waals surface area contributed by atoms with Crippen molar-refractivity contribution in [2.75, 3.05) is 33.9 Å². The first-order valence-corrected chi connectivity index (χ1v) is 7.70. The van der Waals surface area contributed by atoms with Crippen molar-refractivity contribution in [1.82, 2.24) is 4.90 Å². The van der Waals surface area contributed by atoms with Gasteiger partial charge in [0.15, 0.2) is 0 Å². The fourth-order valence-corrected chi connectivity index (χ4v) is 2.58. The van der Waals surface area contributed by atoms with E-state index in [1.54, 1.807) is 14.2 Å². The normalized spacial score (nSPS) is 14.4. The molecule has 2 unspecified atom stereocenters. The van der Waals surface area contributed by atoms with Crippen molar-refractivity contribution in [2.45, 2.75) is 39.0 Å². The zero-order valence-electron chi connectivity index (χ0n) is 13.8. The zero-order valence-corrected chi connectivity index (χ0v) is 13.8. The number of hydrogen-bond acceptors (Lipinski definition) is 4. The largest absolute Gasteiger partial charge is 0.383 e. The van der Waals surface area contributed by atoms with Gasteiger partial charge in [-0.1, -0.05) is 31.2 Å². The van der Waals surface area contributed by atoms with E-state index in [-0.39, 0.29) is 6.04 Å². The smallest absolute Gasteiger partial charge is 0.0713 e. The molecule has 0 fully saturated rings. The van der Waals surface area contributed by atoms with Gasteiger partial charge in [0.25, 0.3) is 0 Å². The van der Waals surface area contributed by atoms with E-state index >= 15 is 0 Å². The van der Waals surface area contributed by atoms with E-state index in [1.807, 2.05) is 0 Å². The molecule has 0 aliphatic heterocycles. The van der Waals surface area contributed by atoms with Crippen LogP contribution in [0.2, 0.25) is 0 Å². The van der Waals surface area contributed by atoms with Crippen molar-refractivity contribution in [1.29, 1.82) is 0 Å². The molecule has 0 aliphatic carbocycles. The Labute approximate surface area is 129 Å². The lowest BCUT2D eigenvalue weighted by Crippen LogP contribution is -2.41. The summed E-state index contributed by atoms with van der Waals surface area (Å²) in [6, 6.07) is 9.26. The Kier molecular flexibility index (Phi) is 8.54. The average Bonchev–Trinajstić information content (AvgIpc) is 2.52. The summed E-state index contributed by atoms with van der Waals surface area (Å²) in [5, 5.41) is 0. The fourth-order valence-electron chi connectivity index (χ4n) is 2.58. The summed E-state index contributed by atoms with van der Waals surface area (Å²) >= 11 is 0. The Balaban J connectivity index is 2.89. The Morgan fingerprint density at radius 1 is 1.14 bits per heavy atom. The van der Waals surface area contributed by atoms with Crippen molar-refractivity contribution in [2.24, 2.45) is 5.73 Å². The van der Waals surface area contributed by atoms with Crippen LogP contribution in [0.3, 0.4) is 0 Å². The van der Waals surface area contributed by atoms with E-state index in [4.69, 9.17) is 15.2 Å². The second kappa shape index (κ2) is 9.90. The molecule has 4 nitrogen and oxygen atoms in total. The van der Waals surface area contributed by atoms with Gasteiger partial charge in [-0.3, -0.25) is 4.90 Å². The second-order valence-electron chi connectivity index (χ2n) is 5.41. The highest BCUT2D eigenvalue weighted by molar-refractivity contribution is 5.25. The van der Waals surface area contributed by atoms with Crippen LogP contribution in [-0.2, 0) is 16.1 Å². The lowest BCUT2D eigenvalue weighted by molar-refractivity contribution is 0.0902. The molecule has 4 heteroatoms. The molecule has 2 atom stereocenters. The molecule has 0 radical (unpaired) electrons. The maximum absolute atomic E-state index is 6.06. The predicted molar refractivity (Wildman–Crippen MR) is 87.3 cm³/mol. The van der Waals surface area contributed by atoms with Gasteiger partial charge < -0.3 is 15.2 Å². The number of ether oxygens (including phenoxy) is 2. The van der Waals surface area contributed by atoms with E-state index in [0.29, 0.717) is 19.2 Å². The highest BCUT2D eigenvalue weighted by atomic mass is 16.5. The summed E-state index contributed by atoms with van der Waals surface area (Å²) in [6.07, 6.45) is 1.10. The van der Waals surface area contributed by atoms with Crippen LogP contribution in [0.1, 0.15) is 37.4 Å². The van der Waals surface area contributed by atoms with Gasteiger partial charge in [-0.25, -0.2) is 0 Å². The molecular formula is C17H30N2O2. The topological polar surface area (TPSA) is 47.7 Å². The van der Waals surface area contributed by atoms with Crippen LogP contribution in [0.4, 0.5) is 0 Å². The van der Waals surface area contributed by atoms with Crippen LogP contribution in [-0.4, -0.2) is 44.9 Å². The first kappa shape index (κ1) is 18.1. The highest BCUT2D eigenvalue weighted by Crippen LogP contribution is 2.23. The van der Waals surface area contributed by atoms with Gasteiger partial charge in [-0.15, -0.1) is 0 Å². The predicted octanol–water partition coefficient (Wildman–Crippen LogP) is 2.58. The lowest BCUT2D eigenvalue weighted by Gasteiger charge is -2.35. The SMILES string of the molecule is CCC(C)N(CCOC)C(CN)c1ccc(COC)cc1. The minimum atomic E-state index is 0.228. The van der Waals surface area contributed by atoms with E-state index in [1.165, 1.54) is 11.1 Å². The highest BCUT2D eigenvalue weighted by Gasteiger charge is 2.22. The summed E-state index contributed by atoms with van der Waals surface area (Å²) in [5.74, 6) is 0. The van der Waals surface area contributed by atoms with Crippen LogP contribution in [0, 0.1) is 0 Å². The van der Waals surface area contributed by atoms with Crippen molar-refractivity contribution in [3.05, 3.63) is 35.4 Å². The van der Waals surface area contributed by atoms with E-state index in [9.17, 15) is 0 Å². The molecule has 0 heterocycles. The molecule has 0 aromatic heterocycles. The Morgan fingerprint density at radius 3 is 2.29 bits per heavy atom. The van der Waals surface area contributed by atoms with Crippen LogP contribution in [0.5, 0.6) is 0 Å². The van der Waals surface area contributed by atoms with Crippen molar-refractivity contribution in [3.8, 4) is 0 Å². The maximum Gasteiger partial charge on any atom is 0.0713 e. The van der Waals surface area contributed by atoms with Crippen LogP contribution < -0.4 is 5.73 Å². The number of rotatable bonds is 10. The van der Waals surface area contributed by atoms with E-state index in [2.05, 4.69) is 43.0 Å². The van der Waals surface area contributed by atoms with Gasteiger partial charge in [0, 0.05) is 39.4 Å². The van der Waals surface area contributed by atoms with Crippen LogP contribution in [0.15, 0.2) is 24.3 Å². The molecule has 1 rings (SSSR count). The monoisotopic (exact) mass is 294 g/mol. The first-order valence-electron chi connectivity index (χ1n) is 7.70. The third-order valence-corrected chi connectivity index (χ3v) is 4.01. The van der Waals surface area contributed by atoms with Crippen LogP contribution >= 0.6 is 0 Å². The van der Waals surface area contributed by atoms with Crippen molar-refractivity contribution < 1.29 is 9.47 Å². The molecule has 0 aliphatic rings. The Bertz CT molecular complexity index is 381. The quantitative estimate of drug-likeness (QED) is 0.720. The molecule has 0 amide bonds. The molecule has 0 saturated heterocycles. The summed E-state index contributed by atoms with van der Waals surface area (Å²) in [6.45, 7) is 7.33. The number of hydrogen-bond donors (Lipinski definition) is 1. The maximum atomic E-state index is 6.06. The third kappa shape index (κ3) is 5.40. The van der Waals surface area contributed by atoms with Gasteiger partial charge in [0.1, 0.15) is 0 Å². The van der Waals surface area contributed by atoms with Gasteiger partial charge in [-0.05, 0) is 24.5 Å². The van der Waals surface area contributed by atoms with E-state index in [0.717, 1.165) is 19.6 Å².